The maximum Gasteiger partial charge on any atom is 0.335 e. The SMILES string of the molecule is CSCCCNC(=O)N1CCc2cc(C(=O)O)ccc21. The monoisotopic (exact) mass is 294 g/mol. The summed E-state index contributed by atoms with van der Waals surface area (Å²) in [6, 6.07) is 4.81. The number of hydrogen-bond donors (Lipinski definition) is 2. The summed E-state index contributed by atoms with van der Waals surface area (Å²) in [4.78, 5) is 24.7. The first-order valence-electron chi connectivity index (χ1n) is 6.54. The molecule has 5 nitrogen and oxygen atoms in total. The third kappa shape index (κ3) is 3.25. The number of thioether (sulfide) groups is 1. The summed E-state index contributed by atoms with van der Waals surface area (Å²) in [5, 5.41) is 11.9. The average molecular weight is 294 g/mol. The number of nitrogens with one attached hydrogen (secondary N) is 1. The lowest BCUT2D eigenvalue weighted by molar-refractivity contribution is 0.0697. The van der Waals surface area contributed by atoms with Crippen LogP contribution in [0.3, 0.4) is 0 Å². The second-order valence-electron chi connectivity index (χ2n) is 4.63. The van der Waals surface area contributed by atoms with E-state index < -0.39 is 5.97 Å². The van der Waals surface area contributed by atoms with Crippen LogP contribution in [-0.2, 0) is 6.42 Å². The second-order valence-corrected chi connectivity index (χ2v) is 5.61. The molecule has 2 amide bonds. The van der Waals surface area contributed by atoms with Gasteiger partial charge in [-0.05, 0) is 48.6 Å². The van der Waals surface area contributed by atoms with Crippen LogP contribution in [0, 0.1) is 0 Å². The van der Waals surface area contributed by atoms with Gasteiger partial charge in [0.15, 0.2) is 0 Å². The number of hydrogen-bond acceptors (Lipinski definition) is 3. The Morgan fingerprint density at radius 2 is 2.25 bits per heavy atom. The predicted octanol–water partition coefficient (Wildman–Crippen LogP) is 2.21. The molecule has 1 aliphatic heterocycles. The van der Waals surface area contributed by atoms with Gasteiger partial charge in [0.1, 0.15) is 0 Å². The Labute approximate surface area is 122 Å². The van der Waals surface area contributed by atoms with E-state index in [-0.39, 0.29) is 11.6 Å². The molecule has 1 aromatic rings. The van der Waals surface area contributed by atoms with Crippen LogP contribution in [0.2, 0.25) is 0 Å². The largest absolute Gasteiger partial charge is 0.478 e. The van der Waals surface area contributed by atoms with E-state index in [0.717, 1.165) is 23.4 Å². The van der Waals surface area contributed by atoms with E-state index in [1.165, 1.54) is 0 Å². The number of carboxylic acids is 1. The van der Waals surface area contributed by atoms with Gasteiger partial charge in [-0.3, -0.25) is 4.90 Å². The smallest absolute Gasteiger partial charge is 0.335 e. The molecule has 2 rings (SSSR count). The minimum Gasteiger partial charge on any atom is -0.478 e. The minimum atomic E-state index is -0.937. The number of fused-ring (bicyclic) bond motifs is 1. The molecule has 1 aromatic carbocycles. The maximum absolute atomic E-state index is 12.1. The summed E-state index contributed by atoms with van der Waals surface area (Å²) in [5.74, 6) is 0.0894. The minimum absolute atomic E-state index is 0.104. The van der Waals surface area contributed by atoms with E-state index >= 15 is 0 Å². The van der Waals surface area contributed by atoms with Crippen molar-refractivity contribution in [1.82, 2.24) is 5.32 Å². The molecule has 0 aromatic heterocycles. The number of benzene rings is 1. The highest BCUT2D eigenvalue weighted by molar-refractivity contribution is 7.98. The fourth-order valence-electron chi connectivity index (χ4n) is 2.25. The Morgan fingerprint density at radius 3 is 2.95 bits per heavy atom. The number of amides is 2. The summed E-state index contributed by atoms with van der Waals surface area (Å²) in [7, 11) is 0. The molecule has 1 heterocycles. The Bertz CT molecular complexity index is 519. The van der Waals surface area contributed by atoms with Gasteiger partial charge >= 0.3 is 12.0 Å². The van der Waals surface area contributed by atoms with Gasteiger partial charge in [-0.25, -0.2) is 9.59 Å². The molecule has 0 radical (unpaired) electrons. The fraction of sp³-hybridized carbons (Fsp3) is 0.429. The number of nitrogens with zero attached hydrogens (tertiary/aromatic N) is 1. The van der Waals surface area contributed by atoms with Crippen LogP contribution in [0.1, 0.15) is 22.3 Å². The van der Waals surface area contributed by atoms with E-state index in [0.29, 0.717) is 19.5 Å². The van der Waals surface area contributed by atoms with Crippen molar-refractivity contribution in [2.24, 2.45) is 0 Å². The molecule has 2 N–H and O–H groups in total. The summed E-state index contributed by atoms with van der Waals surface area (Å²) >= 11 is 1.76. The van der Waals surface area contributed by atoms with E-state index in [1.807, 2.05) is 6.26 Å². The van der Waals surface area contributed by atoms with E-state index in [9.17, 15) is 9.59 Å². The molecule has 1 aliphatic rings. The normalized spacial score (nSPS) is 13.2. The predicted molar refractivity (Wildman–Crippen MR) is 80.8 cm³/mol. The molecule has 6 heteroatoms. The fourth-order valence-corrected chi connectivity index (χ4v) is 2.69. The lowest BCUT2D eigenvalue weighted by Gasteiger charge is -2.18. The molecule has 0 saturated heterocycles. The quantitative estimate of drug-likeness (QED) is 0.817. The van der Waals surface area contributed by atoms with Crippen molar-refractivity contribution in [3.05, 3.63) is 29.3 Å². The van der Waals surface area contributed by atoms with Crippen LogP contribution in [0.15, 0.2) is 18.2 Å². The number of urea groups is 1. The Kier molecular flexibility index (Phi) is 4.89. The van der Waals surface area contributed by atoms with Gasteiger partial charge in [0.05, 0.1) is 5.56 Å². The van der Waals surface area contributed by atoms with Crippen LogP contribution < -0.4 is 10.2 Å². The highest BCUT2D eigenvalue weighted by atomic mass is 32.2. The summed E-state index contributed by atoms with van der Waals surface area (Å²) < 4.78 is 0. The first-order chi connectivity index (χ1) is 9.63. The first kappa shape index (κ1) is 14.7. The lowest BCUT2D eigenvalue weighted by Crippen LogP contribution is -2.39. The molecule has 0 spiro atoms. The number of carbonyl (C=O) groups is 2. The average Bonchev–Trinajstić information content (AvgIpc) is 2.86. The van der Waals surface area contributed by atoms with E-state index in [2.05, 4.69) is 5.32 Å². The molecular formula is C14H18N2O3S. The van der Waals surface area contributed by atoms with Crippen molar-refractivity contribution < 1.29 is 14.7 Å². The van der Waals surface area contributed by atoms with Gasteiger partial charge in [0, 0.05) is 18.8 Å². The standard InChI is InChI=1S/C14H18N2O3S/c1-20-8-2-6-15-14(19)16-7-5-10-9-11(13(17)18)3-4-12(10)16/h3-4,9H,2,5-8H2,1H3,(H,15,19)(H,17,18). The molecule has 108 valence electrons. The zero-order valence-corrected chi connectivity index (χ0v) is 12.2. The topological polar surface area (TPSA) is 69.6 Å². The molecule has 20 heavy (non-hydrogen) atoms. The number of carbonyl (C=O) groups excluding carboxylic acids is 1. The molecule has 0 bridgehead atoms. The Hall–Kier alpha value is -1.69. The maximum atomic E-state index is 12.1. The van der Waals surface area contributed by atoms with Crippen molar-refractivity contribution in [3.63, 3.8) is 0 Å². The second kappa shape index (κ2) is 6.65. The highest BCUT2D eigenvalue weighted by Crippen LogP contribution is 2.28. The van der Waals surface area contributed by atoms with Crippen LogP contribution in [-0.4, -0.2) is 42.2 Å². The third-order valence-electron chi connectivity index (χ3n) is 3.27. The van der Waals surface area contributed by atoms with Crippen LogP contribution in [0.5, 0.6) is 0 Å². The van der Waals surface area contributed by atoms with Crippen LogP contribution >= 0.6 is 11.8 Å². The first-order valence-corrected chi connectivity index (χ1v) is 7.93. The van der Waals surface area contributed by atoms with Crippen molar-refractivity contribution in [3.8, 4) is 0 Å². The molecule has 0 fully saturated rings. The van der Waals surface area contributed by atoms with Crippen LogP contribution in [0.4, 0.5) is 10.5 Å². The van der Waals surface area contributed by atoms with Gasteiger partial charge in [-0.15, -0.1) is 0 Å². The van der Waals surface area contributed by atoms with Crippen molar-refractivity contribution in [2.75, 3.05) is 30.0 Å². The highest BCUT2D eigenvalue weighted by Gasteiger charge is 2.25. The molecule has 0 unspecified atom stereocenters. The van der Waals surface area contributed by atoms with E-state index in [4.69, 9.17) is 5.11 Å². The van der Waals surface area contributed by atoms with Crippen molar-refractivity contribution >= 4 is 29.4 Å². The van der Waals surface area contributed by atoms with Crippen molar-refractivity contribution in [2.45, 2.75) is 12.8 Å². The lowest BCUT2D eigenvalue weighted by atomic mass is 10.1. The van der Waals surface area contributed by atoms with Gasteiger partial charge < -0.3 is 10.4 Å². The van der Waals surface area contributed by atoms with Crippen molar-refractivity contribution in [1.29, 1.82) is 0 Å². The molecule has 0 atom stereocenters. The summed E-state index contributed by atoms with van der Waals surface area (Å²) in [6.45, 7) is 1.27. The number of aromatic carboxylic acids is 1. The number of anilines is 1. The van der Waals surface area contributed by atoms with Gasteiger partial charge in [-0.1, -0.05) is 0 Å². The zero-order valence-electron chi connectivity index (χ0n) is 11.4. The Morgan fingerprint density at radius 1 is 1.45 bits per heavy atom. The van der Waals surface area contributed by atoms with Gasteiger partial charge in [0.25, 0.3) is 0 Å². The zero-order chi connectivity index (χ0) is 14.5. The summed E-state index contributed by atoms with van der Waals surface area (Å²) in [5.41, 5.74) is 2.01. The Balaban J connectivity index is 2.00. The number of rotatable bonds is 5. The third-order valence-corrected chi connectivity index (χ3v) is 3.97. The molecular weight excluding hydrogens is 276 g/mol. The molecule has 0 aliphatic carbocycles. The molecule has 0 saturated carbocycles. The van der Waals surface area contributed by atoms with Gasteiger partial charge in [-0.2, -0.15) is 11.8 Å². The summed E-state index contributed by atoms with van der Waals surface area (Å²) in [6.07, 6.45) is 3.69. The van der Waals surface area contributed by atoms with E-state index in [1.54, 1.807) is 34.9 Å². The van der Waals surface area contributed by atoms with Crippen LogP contribution in [0.25, 0.3) is 0 Å². The number of carboxylic acid groups (broad SMARTS) is 1. The van der Waals surface area contributed by atoms with Gasteiger partial charge in [0.2, 0.25) is 0 Å².